The van der Waals surface area contributed by atoms with E-state index < -0.39 is 4.92 Å². The zero-order valence-electron chi connectivity index (χ0n) is 15.4. The van der Waals surface area contributed by atoms with Gasteiger partial charge >= 0.3 is 0 Å². The summed E-state index contributed by atoms with van der Waals surface area (Å²) >= 11 is 0. The minimum Gasteiger partial charge on any atom is -0.367 e. The van der Waals surface area contributed by atoms with Crippen LogP contribution < -0.4 is 10.2 Å². The molecule has 1 aliphatic rings. The van der Waals surface area contributed by atoms with E-state index in [2.05, 4.69) is 5.32 Å². The van der Waals surface area contributed by atoms with Crippen molar-refractivity contribution in [3.8, 4) is 0 Å². The SMILES string of the molecule is Cc1ccc(F)c(N2CCCC(NC(=O)c3cc([N+](=O)[O-])ccc3C)C2)c1. The lowest BCUT2D eigenvalue weighted by molar-refractivity contribution is -0.384. The molecule has 1 aliphatic heterocycles. The zero-order chi connectivity index (χ0) is 19.6. The second kappa shape index (κ2) is 7.73. The second-order valence-corrected chi connectivity index (χ2v) is 6.97. The molecule has 7 heteroatoms. The summed E-state index contributed by atoms with van der Waals surface area (Å²) in [5, 5.41) is 13.9. The van der Waals surface area contributed by atoms with Gasteiger partial charge in [0.1, 0.15) is 5.82 Å². The van der Waals surface area contributed by atoms with Gasteiger partial charge in [-0.25, -0.2) is 4.39 Å². The van der Waals surface area contributed by atoms with E-state index in [1.165, 1.54) is 18.2 Å². The molecule has 1 atom stereocenters. The van der Waals surface area contributed by atoms with Crippen LogP contribution in [0.4, 0.5) is 15.8 Å². The number of hydrogen-bond donors (Lipinski definition) is 1. The van der Waals surface area contributed by atoms with Crippen LogP contribution in [0.15, 0.2) is 36.4 Å². The van der Waals surface area contributed by atoms with E-state index in [9.17, 15) is 19.3 Å². The molecule has 0 aliphatic carbocycles. The van der Waals surface area contributed by atoms with E-state index >= 15 is 0 Å². The van der Waals surface area contributed by atoms with Gasteiger partial charge in [-0.05, 0) is 49.9 Å². The Morgan fingerprint density at radius 3 is 2.78 bits per heavy atom. The summed E-state index contributed by atoms with van der Waals surface area (Å²) in [6, 6.07) is 9.10. The van der Waals surface area contributed by atoms with E-state index in [0.717, 1.165) is 24.9 Å². The van der Waals surface area contributed by atoms with Gasteiger partial charge in [-0.3, -0.25) is 14.9 Å². The number of benzene rings is 2. The molecule has 2 aromatic rings. The standard InChI is InChI=1S/C20H22FN3O3/c1-13-5-8-18(21)19(10-13)23-9-3-4-15(12-23)22-20(25)17-11-16(24(26)27)7-6-14(17)2/h5-8,10-11,15H,3-4,9,12H2,1-2H3,(H,22,25). The van der Waals surface area contributed by atoms with E-state index in [0.29, 0.717) is 23.4 Å². The van der Waals surface area contributed by atoms with E-state index in [-0.39, 0.29) is 23.5 Å². The third-order valence-corrected chi connectivity index (χ3v) is 4.88. The number of carbonyl (C=O) groups is 1. The summed E-state index contributed by atoms with van der Waals surface area (Å²) in [5.41, 5.74) is 2.38. The predicted octanol–water partition coefficient (Wildman–Crippen LogP) is 3.75. The number of nitrogens with zero attached hydrogens (tertiary/aromatic N) is 2. The fourth-order valence-electron chi connectivity index (χ4n) is 3.41. The maximum absolute atomic E-state index is 14.2. The summed E-state index contributed by atoms with van der Waals surface area (Å²) in [5.74, 6) is -0.616. The molecular formula is C20H22FN3O3. The number of nitro benzene ring substituents is 1. The summed E-state index contributed by atoms with van der Waals surface area (Å²) in [6.07, 6.45) is 1.61. The highest BCUT2D eigenvalue weighted by Gasteiger charge is 2.25. The lowest BCUT2D eigenvalue weighted by Gasteiger charge is -2.35. The Kier molecular flexibility index (Phi) is 5.39. The van der Waals surface area contributed by atoms with Gasteiger partial charge in [-0.2, -0.15) is 0 Å². The number of non-ortho nitro benzene ring substituents is 1. The van der Waals surface area contributed by atoms with Crippen molar-refractivity contribution in [1.29, 1.82) is 0 Å². The van der Waals surface area contributed by atoms with Gasteiger partial charge in [-0.1, -0.05) is 12.1 Å². The first-order valence-corrected chi connectivity index (χ1v) is 8.92. The van der Waals surface area contributed by atoms with Gasteiger partial charge in [0.15, 0.2) is 0 Å². The van der Waals surface area contributed by atoms with Gasteiger partial charge in [0.2, 0.25) is 0 Å². The van der Waals surface area contributed by atoms with Crippen LogP contribution in [-0.4, -0.2) is 30.0 Å². The van der Waals surface area contributed by atoms with Crippen molar-refractivity contribution in [3.63, 3.8) is 0 Å². The van der Waals surface area contributed by atoms with Gasteiger partial charge in [-0.15, -0.1) is 0 Å². The van der Waals surface area contributed by atoms with Crippen molar-refractivity contribution in [3.05, 3.63) is 69.0 Å². The number of hydrogen-bond acceptors (Lipinski definition) is 4. The van der Waals surface area contributed by atoms with Gasteiger partial charge < -0.3 is 10.2 Å². The third kappa shape index (κ3) is 4.24. The van der Waals surface area contributed by atoms with Crippen molar-refractivity contribution in [1.82, 2.24) is 5.32 Å². The van der Waals surface area contributed by atoms with E-state index in [4.69, 9.17) is 0 Å². The van der Waals surface area contributed by atoms with E-state index in [1.807, 2.05) is 17.9 Å². The van der Waals surface area contributed by atoms with Crippen LogP contribution in [-0.2, 0) is 0 Å². The van der Waals surface area contributed by atoms with Crippen LogP contribution >= 0.6 is 0 Å². The summed E-state index contributed by atoms with van der Waals surface area (Å²) in [4.78, 5) is 25.0. The molecule has 142 valence electrons. The Balaban J connectivity index is 1.74. The van der Waals surface area contributed by atoms with Crippen LogP contribution in [0.2, 0.25) is 0 Å². The molecule has 0 radical (unpaired) electrons. The van der Waals surface area contributed by atoms with Crippen LogP contribution in [0.3, 0.4) is 0 Å². The van der Waals surface area contributed by atoms with Gasteiger partial charge in [0.05, 0.1) is 10.6 Å². The van der Waals surface area contributed by atoms with Crippen molar-refractivity contribution >= 4 is 17.3 Å². The van der Waals surface area contributed by atoms with Crippen molar-refractivity contribution in [2.45, 2.75) is 32.7 Å². The molecule has 1 fully saturated rings. The van der Waals surface area contributed by atoms with Crippen molar-refractivity contribution in [2.24, 2.45) is 0 Å². The first kappa shape index (κ1) is 18.8. The normalized spacial score (nSPS) is 16.9. The highest BCUT2D eigenvalue weighted by atomic mass is 19.1. The minimum absolute atomic E-state index is 0.113. The average Bonchev–Trinajstić information content (AvgIpc) is 2.64. The number of amides is 1. The lowest BCUT2D eigenvalue weighted by Crippen LogP contribution is -2.48. The topological polar surface area (TPSA) is 75.5 Å². The lowest BCUT2D eigenvalue weighted by atomic mass is 10.0. The zero-order valence-corrected chi connectivity index (χ0v) is 15.4. The Morgan fingerprint density at radius 1 is 1.26 bits per heavy atom. The predicted molar refractivity (Wildman–Crippen MR) is 102 cm³/mol. The number of rotatable bonds is 4. The Hall–Kier alpha value is -2.96. The second-order valence-electron chi connectivity index (χ2n) is 6.97. The summed E-state index contributed by atoms with van der Waals surface area (Å²) in [6.45, 7) is 4.88. The highest BCUT2D eigenvalue weighted by molar-refractivity contribution is 5.96. The number of aryl methyl sites for hydroxylation is 2. The first-order valence-electron chi connectivity index (χ1n) is 8.92. The Morgan fingerprint density at radius 2 is 2.04 bits per heavy atom. The average molecular weight is 371 g/mol. The molecule has 0 aromatic heterocycles. The number of nitrogens with one attached hydrogen (secondary N) is 1. The number of halogens is 1. The third-order valence-electron chi connectivity index (χ3n) is 4.88. The molecule has 1 unspecified atom stereocenters. The fraction of sp³-hybridized carbons (Fsp3) is 0.350. The van der Waals surface area contributed by atoms with E-state index in [1.54, 1.807) is 19.1 Å². The monoisotopic (exact) mass is 371 g/mol. The number of anilines is 1. The maximum atomic E-state index is 14.2. The molecule has 1 heterocycles. The molecule has 1 N–H and O–H groups in total. The van der Waals surface area contributed by atoms with Crippen molar-refractivity contribution < 1.29 is 14.1 Å². The molecule has 0 bridgehead atoms. The maximum Gasteiger partial charge on any atom is 0.270 e. The molecule has 1 saturated heterocycles. The van der Waals surface area contributed by atoms with Crippen LogP contribution in [0.5, 0.6) is 0 Å². The fourth-order valence-corrected chi connectivity index (χ4v) is 3.41. The van der Waals surface area contributed by atoms with Gasteiger partial charge in [0, 0.05) is 36.8 Å². The quantitative estimate of drug-likeness (QED) is 0.656. The van der Waals surface area contributed by atoms with Crippen molar-refractivity contribution in [2.75, 3.05) is 18.0 Å². The van der Waals surface area contributed by atoms with Crippen LogP contribution in [0.1, 0.15) is 34.3 Å². The molecular weight excluding hydrogens is 349 g/mol. The molecule has 0 spiro atoms. The number of carbonyl (C=O) groups excluding carboxylic acids is 1. The smallest absolute Gasteiger partial charge is 0.270 e. The minimum atomic E-state index is -0.515. The first-order chi connectivity index (χ1) is 12.8. The molecule has 0 saturated carbocycles. The molecule has 2 aromatic carbocycles. The molecule has 1 amide bonds. The number of nitro groups is 1. The summed E-state index contributed by atoms with van der Waals surface area (Å²) < 4.78 is 14.2. The van der Waals surface area contributed by atoms with Gasteiger partial charge in [0.25, 0.3) is 11.6 Å². The molecule has 27 heavy (non-hydrogen) atoms. The van der Waals surface area contributed by atoms with Crippen LogP contribution in [0, 0.1) is 29.8 Å². The van der Waals surface area contributed by atoms with Crippen LogP contribution in [0.25, 0.3) is 0 Å². The largest absolute Gasteiger partial charge is 0.367 e. The highest BCUT2D eigenvalue weighted by Crippen LogP contribution is 2.25. The molecule has 3 rings (SSSR count). The Labute approximate surface area is 157 Å². The molecule has 6 nitrogen and oxygen atoms in total. The number of piperidine rings is 1. The Bertz CT molecular complexity index is 885. The summed E-state index contributed by atoms with van der Waals surface area (Å²) in [7, 11) is 0.